The molecule has 48 heavy (non-hydrogen) atoms. The van der Waals surface area contributed by atoms with Gasteiger partial charge in [0.25, 0.3) is 5.91 Å². The van der Waals surface area contributed by atoms with Crippen molar-refractivity contribution in [2.75, 3.05) is 26.9 Å². The molecule has 0 saturated carbocycles. The maximum atomic E-state index is 13.1. The Bertz CT molecular complexity index is 1680. The Balaban J connectivity index is 1.04. The number of aliphatic hydroxyl groups excluding tert-OH is 4. The predicted molar refractivity (Wildman–Crippen MR) is 177 cm³/mol. The van der Waals surface area contributed by atoms with E-state index >= 15 is 0 Å². The third kappa shape index (κ3) is 6.88. The molecule has 12 heteroatoms. The molecule has 1 fully saturated rings. The molecule has 1 saturated heterocycles. The Morgan fingerprint density at radius 2 is 1.60 bits per heavy atom. The van der Waals surface area contributed by atoms with Gasteiger partial charge in [0.2, 0.25) is 0 Å². The largest absolute Gasteiger partial charge is 0.493 e. The van der Waals surface area contributed by atoms with E-state index in [0.29, 0.717) is 101 Å². The minimum Gasteiger partial charge on any atom is -0.493 e. The Kier molecular flexibility index (Phi) is 10.6. The van der Waals surface area contributed by atoms with Crippen molar-refractivity contribution in [2.45, 2.75) is 70.7 Å². The van der Waals surface area contributed by atoms with Crippen molar-refractivity contribution in [1.29, 1.82) is 0 Å². The van der Waals surface area contributed by atoms with Crippen LogP contribution in [0.15, 0.2) is 52.6 Å². The summed E-state index contributed by atoms with van der Waals surface area (Å²) in [5.74, 6) is 1.61. The monoisotopic (exact) mass is 659 g/mol. The minimum absolute atomic E-state index is 0.0143. The van der Waals surface area contributed by atoms with Crippen LogP contribution in [0, 0.1) is 0 Å². The summed E-state index contributed by atoms with van der Waals surface area (Å²) in [5, 5.41) is 43.6. The molecular weight excluding hydrogens is 618 g/mol. The van der Waals surface area contributed by atoms with E-state index in [-0.39, 0.29) is 44.5 Å². The molecule has 3 aromatic rings. The second-order valence-electron chi connectivity index (χ2n) is 12.0. The summed E-state index contributed by atoms with van der Waals surface area (Å²) in [4.78, 5) is 25.3. The number of unbranched alkanes of at least 4 members (excludes halogenated alkanes) is 1. The first-order valence-corrected chi connectivity index (χ1v) is 16.2. The Morgan fingerprint density at radius 1 is 0.875 bits per heavy atom. The van der Waals surface area contributed by atoms with Crippen LogP contribution >= 0.6 is 0 Å². The summed E-state index contributed by atoms with van der Waals surface area (Å²) >= 11 is 0. The number of carbonyl (C=O) groups excluding carboxylic acids is 1. The summed E-state index contributed by atoms with van der Waals surface area (Å²) in [6.07, 6.45) is 5.18. The maximum Gasteiger partial charge on any atom is 0.256 e. The van der Waals surface area contributed by atoms with Crippen molar-refractivity contribution >= 4 is 23.5 Å². The highest BCUT2D eigenvalue weighted by Crippen LogP contribution is 2.37. The number of hydrogen-bond acceptors (Lipinski definition) is 11. The van der Waals surface area contributed by atoms with E-state index in [2.05, 4.69) is 10.1 Å². The van der Waals surface area contributed by atoms with Crippen LogP contribution in [0.1, 0.15) is 81.9 Å². The molecule has 0 aliphatic carbocycles. The van der Waals surface area contributed by atoms with Gasteiger partial charge in [0.1, 0.15) is 5.75 Å². The van der Waals surface area contributed by atoms with Crippen molar-refractivity contribution in [1.82, 2.24) is 4.90 Å². The Hall–Kier alpha value is -4.49. The molecule has 0 aromatic heterocycles. The van der Waals surface area contributed by atoms with Crippen LogP contribution in [-0.4, -0.2) is 76.1 Å². The number of methoxy groups -OCH3 is 1. The topological polar surface area (TPSA) is 163 Å². The molecule has 1 amide bonds. The molecule has 1 unspecified atom stereocenters. The second kappa shape index (κ2) is 15.2. The Labute approximate surface area is 278 Å². The van der Waals surface area contributed by atoms with Gasteiger partial charge in [-0.2, -0.15) is 0 Å². The SMILES string of the molecule is COc1ccc(C2CC(c3cc(CO)c(CO)c(CO)c3)=NO2)cc1OCCCCOc1cc2c(cc1CO)C(=O)N1CCC[C@H]1C=N2. The van der Waals surface area contributed by atoms with Gasteiger partial charge in [-0.3, -0.25) is 9.79 Å². The van der Waals surface area contributed by atoms with Crippen molar-refractivity contribution in [3.63, 3.8) is 0 Å². The lowest BCUT2D eigenvalue weighted by molar-refractivity contribution is 0.0774. The number of rotatable bonds is 14. The lowest BCUT2D eigenvalue weighted by Crippen LogP contribution is -2.35. The number of hydrogen-bond donors (Lipinski definition) is 4. The summed E-state index contributed by atoms with van der Waals surface area (Å²) in [5.41, 5.74) is 5.43. The van der Waals surface area contributed by atoms with Gasteiger partial charge in [-0.15, -0.1) is 0 Å². The molecule has 2 atom stereocenters. The number of benzene rings is 3. The zero-order valence-corrected chi connectivity index (χ0v) is 26.9. The second-order valence-corrected chi connectivity index (χ2v) is 12.0. The highest BCUT2D eigenvalue weighted by molar-refractivity contribution is 6.03. The van der Waals surface area contributed by atoms with Gasteiger partial charge in [0.05, 0.1) is 69.8 Å². The molecule has 12 nitrogen and oxygen atoms in total. The van der Waals surface area contributed by atoms with Crippen molar-refractivity contribution in [2.24, 2.45) is 10.1 Å². The molecule has 3 aromatic carbocycles. The van der Waals surface area contributed by atoms with Crippen LogP contribution in [0.2, 0.25) is 0 Å². The summed E-state index contributed by atoms with van der Waals surface area (Å²) in [6.45, 7) is 0.449. The van der Waals surface area contributed by atoms with Gasteiger partial charge in [0, 0.05) is 36.4 Å². The van der Waals surface area contributed by atoms with E-state index < -0.39 is 0 Å². The van der Waals surface area contributed by atoms with Crippen molar-refractivity contribution in [3.05, 3.63) is 81.4 Å². The fourth-order valence-electron chi connectivity index (χ4n) is 6.42. The standard InChI is InChI=1S/C36H41N3O9/c1-45-32-7-6-22(34-15-30(38-48-34)23-11-24(18-40)29(21-43)25(12-23)19-41)14-35(32)47-10-3-2-9-46-33-16-31-28(13-26(33)20-42)36(44)39-8-4-5-27(39)17-37-31/h6-7,11-14,16-17,27,34,40-43H,2-5,8-10,15,18-21H2,1H3/t27-,34?/m0/s1. The lowest BCUT2D eigenvalue weighted by atomic mass is 9.94. The molecule has 0 radical (unpaired) electrons. The van der Waals surface area contributed by atoms with Gasteiger partial charge in [0.15, 0.2) is 17.6 Å². The molecule has 6 rings (SSSR count). The van der Waals surface area contributed by atoms with E-state index in [0.717, 1.165) is 18.4 Å². The number of aliphatic imine (C=N–C) groups is 1. The van der Waals surface area contributed by atoms with E-state index in [4.69, 9.17) is 19.0 Å². The number of ether oxygens (including phenoxy) is 3. The van der Waals surface area contributed by atoms with Gasteiger partial charge in [-0.05, 0) is 78.3 Å². The average Bonchev–Trinajstić information content (AvgIpc) is 3.79. The molecule has 4 N–H and O–H groups in total. The summed E-state index contributed by atoms with van der Waals surface area (Å²) < 4.78 is 17.7. The maximum absolute atomic E-state index is 13.1. The molecular formula is C36H41N3O9. The molecule has 3 aliphatic heterocycles. The van der Waals surface area contributed by atoms with Crippen LogP contribution < -0.4 is 14.2 Å². The highest BCUT2D eigenvalue weighted by Gasteiger charge is 2.32. The highest BCUT2D eigenvalue weighted by atomic mass is 16.6. The average molecular weight is 660 g/mol. The third-order valence-corrected chi connectivity index (χ3v) is 9.07. The van der Waals surface area contributed by atoms with Crippen LogP contribution in [0.3, 0.4) is 0 Å². The van der Waals surface area contributed by atoms with Crippen molar-refractivity contribution in [3.8, 4) is 17.2 Å². The first kappa shape index (κ1) is 33.4. The molecule has 3 aliphatic rings. The van der Waals surface area contributed by atoms with Gasteiger partial charge < -0.3 is 44.4 Å². The van der Waals surface area contributed by atoms with Gasteiger partial charge in [-0.1, -0.05) is 11.2 Å². The first-order chi connectivity index (χ1) is 23.5. The number of fused-ring (bicyclic) bond motifs is 2. The Morgan fingerprint density at radius 3 is 2.29 bits per heavy atom. The number of amides is 1. The zero-order chi connectivity index (χ0) is 33.6. The van der Waals surface area contributed by atoms with Crippen LogP contribution in [-0.2, 0) is 31.3 Å². The van der Waals surface area contributed by atoms with Gasteiger partial charge >= 0.3 is 0 Å². The summed E-state index contributed by atoms with van der Waals surface area (Å²) in [6, 6.07) is 12.6. The predicted octanol–water partition coefficient (Wildman–Crippen LogP) is 4.09. The van der Waals surface area contributed by atoms with Crippen LogP contribution in [0.5, 0.6) is 17.2 Å². The quantitative estimate of drug-likeness (QED) is 0.187. The van der Waals surface area contributed by atoms with E-state index in [1.807, 2.05) is 29.3 Å². The summed E-state index contributed by atoms with van der Waals surface area (Å²) in [7, 11) is 1.58. The van der Waals surface area contributed by atoms with Crippen LogP contribution in [0.4, 0.5) is 5.69 Å². The first-order valence-electron chi connectivity index (χ1n) is 16.2. The minimum atomic E-state index is -0.368. The number of carbonyl (C=O) groups is 1. The fourth-order valence-corrected chi connectivity index (χ4v) is 6.42. The van der Waals surface area contributed by atoms with Crippen LogP contribution in [0.25, 0.3) is 0 Å². The number of aliphatic hydroxyl groups is 4. The lowest BCUT2D eigenvalue weighted by Gasteiger charge is -2.20. The molecule has 0 spiro atoms. The number of oxime groups is 1. The fraction of sp³-hybridized carbons (Fsp3) is 0.417. The molecule has 3 heterocycles. The third-order valence-electron chi connectivity index (χ3n) is 9.07. The van der Waals surface area contributed by atoms with E-state index in [1.54, 1.807) is 31.4 Å². The molecule has 0 bridgehead atoms. The smallest absolute Gasteiger partial charge is 0.256 e. The normalized spacial score (nSPS) is 18.2. The van der Waals surface area contributed by atoms with Crippen molar-refractivity contribution < 1.29 is 44.3 Å². The van der Waals surface area contributed by atoms with Gasteiger partial charge in [-0.25, -0.2) is 0 Å². The number of nitrogens with zero attached hydrogens (tertiary/aromatic N) is 3. The zero-order valence-electron chi connectivity index (χ0n) is 26.9. The molecule has 254 valence electrons. The van der Waals surface area contributed by atoms with E-state index in [9.17, 15) is 25.2 Å². The van der Waals surface area contributed by atoms with E-state index in [1.165, 1.54) is 0 Å².